The third-order valence-corrected chi connectivity index (χ3v) is 9.36. The van der Waals surface area contributed by atoms with Crippen molar-refractivity contribution in [2.45, 2.75) is 65.0 Å². The fourth-order valence-electron chi connectivity index (χ4n) is 6.95. The molecule has 47 heavy (non-hydrogen) atoms. The van der Waals surface area contributed by atoms with Crippen LogP contribution in [0.1, 0.15) is 80.9 Å². The van der Waals surface area contributed by atoms with Crippen LogP contribution in [0.15, 0.2) is 107 Å². The first-order valence-electron chi connectivity index (χ1n) is 16.4. The molecule has 0 bridgehead atoms. The monoisotopic (exact) mass is 619 g/mol. The Bertz CT molecular complexity index is 2010. The van der Waals surface area contributed by atoms with Crippen LogP contribution in [0, 0.1) is 13.8 Å². The van der Waals surface area contributed by atoms with Gasteiger partial charge in [-0.1, -0.05) is 84.9 Å². The highest BCUT2D eigenvalue weighted by molar-refractivity contribution is 6.26. The van der Waals surface area contributed by atoms with E-state index in [1.807, 2.05) is 48.5 Å². The summed E-state index contributed by atoms with van der Waals surface area (Å²) in [6.07, 6.45) is 3.72. The van der Waals surface area contributed by atoms with Crippen molar-refractivity contribution in [3.8, 4) is 0 Å². The van der Waals surface area contributed by atoms with Crippen LogP contribution in [0.2, 0.25) is 0 Å². The average Bonchev–Trinajstić information content (AvgIpc) is 3.80. The molecule has 0 saturated carbocycles. The second-order valence-electron chi connectivity index (χ2n) is 12.6. The molecule has 1 N–H and O–H groups in total. The predicted octanol–water partition coefficient (Wildman–Crippen LogP) is 8.45. The Labute approximate surface area is 275 Å². The van der Waals surface area contributed by atoms with Gasteiger partial charge in [0.2, 0.25) is 0 Å². The third-order valence-electron chi connectivity index (χ3n) is 9.36. The molecule has 2 aromatic heterocycles. The van der Waals surface area contributed by atoms with E-state index in [4.69, 9.17) is 29.4 Å². The summed E-state index contributed by atoms with van der Waals surface area (Å²) in [5.74, 6) is 2.77. The minimum atomic E-state index is -0.0460. The van der Waals surface area contributed by atoms with Crippen LogP contribution in [-0.2, 0) is 35.5 Å². The largest absolute Gasteiger partial charge is 0.367 e. The van der Waals surface area contributed by atoms with Crippen LogP contribution >= 0.6 is 0 Å². The first kappa shape index (κ1) is 29.4. The number of nitrogens with zero attached hydrogens (tertiary/aromatic N) is 4. The zero-order valence-corrected chi connectivity index (χ0v) is 26.7. The Kier molecular flexibility index (Phi) is 7.93. The molecule has 5 aromatic rings. The molecular formula is C40H37N5O2. The summed E-state index contributed by atoms with van der Waals surface area (Å²) in [6.45, 7) is 5.43. The topological polar surface area (TPSA) is 81.0 Å². The number of benzene rings is 3. The highest BCUT2D eigenvalue weighted by Gasteiger charge is 2.30. The fourth-order valence-corrected chi connectivity index (χ4v) is 6.95. The maximum absolute atomic E-state index is 6.37. The Morgan fingerprint density at radius 1 is 0.681 bits per heavy atom. The van der Waals surface area contributed by atoms with Gasteiger partial charge in [0.15, 0.2) is 11.7 Å². The normalized spacial score (nSPS) is 18.6. The number of ether oxygens (including phenoxy) is 2. The van der Waals surface area contributed by atoms with Crippen molar-refractivity contribution in [3.05, 3.63) is 153 Å². The zero-order valence-electron chi connectivity index (χ0n) is 26.7. The van der Waals surface area contributed by atoms with Gasteiger partial charge in [0.25, 0.3) is 0 Å². The van der Waals surface area contributed by atoms with Gasteiger partial charge in [-0.05, 0) is 85.0 Å². The number of hydrogen-bond donors (Lipinski definition) is 1. The summed E-state index contributed by atoms with van der Waals surface area (Å²) in [5.41, 5.74) is 11.3. The number of aromatic nitrogens is 2. The number of rotatable bonds is 8. The average molecular weight is 620 g/mol. The molecule has 0 saturated heterocycles. The molecule has 7 nitrogen and oxygen atoms in total. The van der Waals surface area contributed by atoms with Crippen LogP contribution in [0.25, 0.3) is 0 Å². The number of aryl methyl sites for hydroxylation is 2. The minimum Gasteiger partial charge on any atom is -0.367 e. The lowest BCUT2D eigenvalue weighted by atomic mass is 10.1. The van der Waals surface area contributed by atoms with E-state index in [1.54, 1.807) is 0 Å². The van der Waals surface area contributed by atoms with Gasteiger partial charge < -0.3 is 14.8 Å². The van der Waals surface area contributed by atoms with Crippen LogP contribution in [0.5, 0.6) is 0 Å². The molecule has 3 heterocycles. The summed E-state index contributed by atoms with van der Waals surface area (Å²) < 4.78 is 12.7. The smallest absolute Gasteiger partial charge is 0.164 e. The second-order valence-corrected chi connectivity index (χ2v) is 12.6. The number of aliphatic imine (C=N–C) groups is 2. The van der Waals surface area contributed by atoms with E-state index >= 15 is 0 Å². The molecule has 7 heteroatoms. The predicted molar refractivity (Wildman–Crippen MR) is 185 cm³/mol. The standard InChI is InChI=1S/C40H37N5O2/c1-25-21-35(41-37-29(25)17-19-33(37)46-23-27-11-5-3-6-12-27)43-39-31-15-9-10-16-32(31)40(45-39)44-36-22-26(2)30-18-20-34(38(30)42-36)47-24-28-13-7-4-8-14-28/h3-16,21-22,33-34H,17-20,23-24H2,1-2H3,(H,41,42,43,44,45)/t33-,34-/m1/s1. The Morgan fingerprint density at radius 2 is 1.23 bits per heavy atom. The van der Waals surface area contributed by atoms with E-state index in [-0.39, 0.29) is 12.2 Å². The molecule has 234 valence electrons. The lowest BCUT2D eigenvalue weighted by Gasteiger charge is -2.15. The molecule has 3 aliphatic rings. The van der Waals surface area contributed by atoms with E-state index in [0.29, 0.717) is 24.9 Å². The van der Waals surface area contributed by atoms with E-state index in [9.17, 15) is 0 Å². The Hall–Kier alpha value is -4.98. The summed E-state index contributed by atoms with van der Waals surface area (Å²) in [6, 6.07) is 33.0. The SMILES string of the molecule is Cc1cc(N=C2N=C(Nc3cc(C)c4c(n3)[C@H](OCc3ccccc3)CC4)c3ccccc32)nc2c1CC[C@H]2OCc1ccccc1. The molecule has 2 atom stereocenters. The van der Waals surface area contributed by atoms with Gasteiger partial charge in [-0.25, -0.2) is 20.0 Å². The van der Waals surface area contributed by atoms with Crippen molar-refractivity contribution in [2.75, 3.05) is 5.32 Å². The lowest BCUT2D eigenvalue weighted by molar-refractivity contribution is 0.0386. The van der Waals surface area contributed by atoms with Gasteiger partial charge >= 0.3 is 0 Å². The third kappa shape index (κ3) is 6.00. The van der Waals surface area contributed by atoms with Gasteiger partial charge in [0.05, 0.1) is 24.6 Å². The summed E-state index contributed by atoms with van der Waals surface area (Å²) in [5, 5.41) is 3.53. The van der Waals surface area contributed by atoms with E-state index in [0.717, 1.165) is 65.4 Å². The van der Waals surface area contributed by atoms with Gasteiger partial charge in [-0.3, -0.25) is 0 Å². The Morgan fingerprint density at radius 3 is 1.87 bits per heavy atom. The van der Waals surface area contributed by atoms with E-state index in [1.165, 1.54) is 27.8 Å². The van der Waals surface area contributed by atoms with E-state index < -0.39 is 0 Å². The molecule has 0 unspecified atom stereocenters. The number of anilines is 1. The van der Waals surface area contributed by atoms with Crippen molar-refractivity contribution in [1.29, 1.82) is 0 Å². The van der Waals surface area contributed by atoms with E-state index in [2.05, 4.69) is 67.7 Å². The maximum atomic E-state index is 6.37. The zero-order chi connectivity index (χ0) is 31.7. The second kappa shape index (κ2) is 12.7. The Balaban J connectivity index is 1.05. The summed E-state index contributed by atoms with van der Waals surface area (Å²) in [4.78, 5) is 20.1. The van der Waals surface area contributed by atoms with Crippen molar-refractivity contribution in [2.24, 2.45) is 9.98 Å². The molecule has 2 aliphatic carbocycles. The first-order chi connectivity index (χ1) is 23.1. The highest BCUT2D eigenvalue weighted by Crippen LogP contribution is 2.38. The number of nitrogens with one attached hydrogen (secondary N) is 1. The molecule has 0 fully saturated rings. The fraction of sp³-hybridized carbons (Fsp3) is 0.250. The molecule has 8 rings (SSSR count). The van der Waals surface area contributed by atoms with Crippen LogP contribution in [0.4, 0.5) is 11.6 Å². The number of amidine groups is 2. The number of hydrogen-bond acceptors (Lipinski definition) is 6. The quantitative estimate of drug-likeness (QED) is 0.189. The van der Waals surface area contributed by atoms with Gasteiger partial charge in [-0.15, -0.1) is 0 Å². The molecule has 0 radical (unpaired) electrons. The molecule has 1 aliphatic heterocycles. The van der Waals surface area contributed by atoms with Crippen molar-refractivity contribution < 1.29 is 9.47 Å². The minimum absolute atomic E-state index is 0.0322. The van der Waals surface area contributed by atoms with Crippen molar-refractivity contribution >= 4 is 23.3 Å². The molecular weight excluding hydrogens is 582 g/mol. The molecule has 0 spiro atoms. The van der Waals surface area contributed by atoms with Crippen LogP contribution in [0.3, 0.4) is 0 Å². The number of pyridine rings is 2. The lowest BCUT2D eigenvalue weighted by Crippen LogP contribution is -2.14. The highest BCUT2D eigenvalue weighted by atomic mass is 16.5. The maximum Gasteiger partial charge on any atom is 0.164 e. The number of fused-ring (bicyclic) bond motifs is 3. The first-order valence-corrected chi connectivity index (χ1v) is 16.4. The van der Waals surface area contributed by atoms with Crippen LogP contribution < -0.4 is 5.32 Å². The molecule has 0 amide bonds. The van der Waals surface area contributed by atoms with Gasteiger partial charge in [-0.2, -0.15) is 0 Å². The van der Waals surface area contributed by atoms with Gasteiger partial charge in [0, 0.05) is 11.1 Å². The summed E-state index contributed by atoms with van der Waals surface area (Å²) >= 11 is 0. The van der Waals surface area contributed by atoms with Crippen molar-refractivity contribution in [3.63, 3.8) is 0 Å². The van der Waals surface area contributed by atoms with Gasteiger partial charge in [0.1, 0.15) is 23.9 Å². The summed E-state index contributed by atoms with van der Waals surface area (Å²) in [7, 11) is 0. The molecule has 3 aromatic carbocycles. The van der Waals surface area contributed by atoms with Crippen LogP contribution in [-0.4, -0.2) is 21.6 Å². The van der Waals surface area contributed by atoms with Crippen molar-refractivity contribution in [1.82, 2.24) is 9.97 Å².